The maximum atomic E-state index is 13.3. The summed E-state index contributed by atoms with van der Waals surface area (Å²) in [5.74, 6) is -0.763. The number of ketones is 1. The van der Waals surface area contributed by atoms with Crippen molar-refractivity contribution in [2.24, 2.45) is 0 Å². The summed E-state index contributed by atoms with van der Waals surface area (Å²) in [6, 6.07) is 9.18. The summed E-state index contributed by atoms with van der Waals surface area (Å²) >= 11 is 0. The molecule has 2 aromatic carbocycles. The Morgan fingerprint density at radius 1 is 1.22 bits per heavy atom. The van der Waals surface area contributed by atoms with Gasteiger partial charge in [0.1, 0.15) is 11.6 Å². The number of ether oxygens (including phenoxy) is 2. The van der Waals surface area contributed by atoms with E-state index < -0.39 is 22.5 Å². The average Bonchev–Trinajstić information content (AvgIpc) is 2.54. The molecule has 0 fully saturated rings. The van der Waals surface area contributed by atoms with Crippen molar-refractivity contribution in [3.8, 4) is 11.5 Å². The highest BCUT2D eigenvalue weighted by Crippen LogP contribution is 2.29. The quantitative estimate of drug-likeness (QED) is 0.463. The first-order valence-corrected chi connectivity index (χ1v) is 6.71. The Kier molecular flexibility index (Phi) is 4.90. The van der Waals surface area contributed by atoms with Gasteiger partial charge in [0.2, 0.25) is 11.5 Å². The van der Waals surface area contributed by atoms with E-state index in [9.17, 15) is 19.3 Å². The van der Waals surface area contributed by atoms with Gasteiger partial charge < -0.3 is 9.47 Å². The van der Waals surface area contributed by atoms with Crippen LogP contribution in [0.4, 0.5) is 10.1 Å². The third-order valence-electron chi connectivity index (χ3n) is 3.17. The van der Waals surface area contributed by atoms with E-state index in [1.807, 2.05) is 0 Å². The van der Waals surface area contributed by atoms with Crippen LogP contribution < -0.4 is 9.47 Å². The number of hydrogen-bond donors (Lipinski definition) is 0. The lowest BCUT2D eigenvalue weighted by Gasteiger charge is -2.14. The first-order chi connectivity index (χ1) is 10.9. The lowest BCUT2D eigenvalue weighted by molar-refractivity contribution is -0.386. The lowest BCUT2D eigenvalue weighted by Crippen LogP contribution is -2.24. The molecule has 23 heavy (non-hydrogen) atoms. The van der Waals surface area contributed by atoms with Crippen LogP contribution in [-0.4, -0.2) is 23.9 Å². The van der Waals surface area contributed by atoms with Gasteiger partial charge in [0.15, 0.2) is 6.10 Å². The number of nitro benzene ring substituents is 1. The molecule has 0 bridgehead atoms. The molecule has 2 aromatic rings. The highest BCUT2D eigenvalue weighted by molar-refractivity contribution is 5.99. The SMILES string of the molecule is COc1ccc(C(=O)[C@@H](C)Oc2cc(F)ccc2[N+](=O)[O-])cc1. The second kappa shape index (κ2) is 6.87. The van der Waals surface area contributed by atoms with Gasteiger partial charge in [0, 0.05) is 17.7 Å². The van der Waals surface area contributed by atoms with Crippen molar-refractivity contribution in [1.29, 1.82) is 0 Å². The standard InChI is InChI=1S/C16H14FNO5/c1-10(16(19)11-3-6-13(22-2)7-4-11)23-15-9-12(17)5-8-14(15)18(20)21/h3-10H,1-2H3/t10-/m1/s1. The zero-order chi connectivity index (χ0) is 17.0. The van der Waals surface area contributed by atoms with Crippen LogP contribution in [0.5, 0.6) is 11.5 Å². The first kappa shape index (κ1) is 16.4. The van der Waals surface area contributed by atoms with Crippen molar-refractivity contribution in [2.75, 3.05) is 7.11 Å². The van der Waals surface area contributed by atoms with Crippen LogP contribution in [0.15, 0.2) is 42.5 Å². The Hall–Kier alpha value is -2.96. The molecule has 0 heterocycles. The van der Waals surface area contributed by atoms with Crippen molar-refractivity contribution in [3.05, 3.63) is 64.0 Å². The Morgan fingerprint density at radius 3 is 2.43 bits per heavy atom. The maximum Gasteiger partial charge on any atom is 0.311 e. The molecule has 0 saturated carbocycles. The van der Waals surface area contributed by atoms with Crippen LogP contribution in [-0.2, 0) is 0 Å². The van der Waals surface area contributed by atoms with Gasteiger partial charge in [-0.25, -0.2) is 4.39 Å². The number of nitrogens with zero attached hydrogens (tertiary/aromatic N) is 1. The molecule has 0 amide bonds. The molecular weight excluding hydrogens is 305 g/mol. The average molecular weight is 319 g/mol. The van der Waals surface area contributed by atoms with Crippen molar-refractivity contribution in [3.63, 3.8) is 0 Å². The second-order valence-electron chi connectivity index (χ2n) is 4.72. The van der Waals surface area contributed by atoms with Crippen LogP contribution in [0, 0.1) is 15.9 Å². The number of carbonyl (C=O) groups is 1. The highest BCUT2D eigenvalue weighted by atomic mass is 19.1. The molecule has 0 aromatic heterocycles. The normalized spacial score (nSPS) is 11.6. The fourth-order valence-corrected chi connectivity index (χ4v) is 1.97. The van der Waals surface area contributed by atoms with Crippen LogP contribution in [0.1, 0.15) is 17.3 Å². The van der Waals surface area contributed by atoms with E-state index >= 15 is 0 Å². The summed E-state index contributed by atoms with van der Waals surface area (Å²) in [5, 5.41) is 10.9. The molecule has 7 heteroatoms. The van der Waals surface area contributed by atoms with E-state index in [0.29, 0.717) is 11.3 Å². The second-order valence-corrected chi connectivity index (χ2v) is 4.72. The molecule has 0 spiro atoms. The summed E-state index contributed by atoms with van der Waals surface area (Å²) < 4.78 is 23.6. The number of rotatable bonds is 6. The molecule has 0 aliphatic rings. The Morgan fingerprint density at radius 2 is 1.87 bits per heavy atom. The number of nitro groups is 1. The molecule has 120 valence electrons. The summed E-state index contributed by atoms with van der Waals surface area (Å²) in [6.45, 7) is 1.45. The maximum absolute atomic E-state index is 13.3. The number of hydrogen-bond acceptors (Lipinski definition) is 5. The number of Topliss-reactive ketones (excluding diaryl/α,β-unsaturated/α-hetero) is 1. The minimum Gasteiger partial charge on any atom is -0.497 e. The molecule has 6 nitrogen and oxygen atoms in total. The van der Waals surface area contributed by atoms with E-state index in [1.165, 1.54) is 14.0 Å². The lowest BCUT2D eigenvalue weighted by atomic mass is 10.1. The first-order valence-electron chi connectivity index (χ1n) is 6.71. The van der Waals surface area contributed by atoms with E-state index in [0.717, 1.165) is 18.2 Å². The summed E-state index contributed by atoms with van der Waals surface area (Å²) in [5.41, 5.74) is -0.0434. The third kappa shape index (κ3) is 3.82. The minimum atomic E-state index is -1.01. The van der Waals surface area contributed by atoms with Gasteiger partial charge >= 0.3 is 5.69 Å². The molecule has 0 saturated heterocycles. The zero-order valence-electron chi connectivity index (χ0n) is 12.5. The van der Waals surface area contributed by atoms with Crippen LogP contribution in [0.3, 0.4) is 0 Å². The van der Waals surface area contributed by atoms with Gasteiger partial charge in [-0.15, -0.1) is 0 Å². The van der Waals surface area contributed by atoms with Gasteiger partial charge in [-0.1, -0.05) is 0 Å². The minimum absolute atomic E-state index is 0.288. The Labute approximate surface area is 131 Å². The third-order valence-corrected chi connectivity index (χ3v) is 3.17. The molecule has 1 atom stereocenters. The summed E-state index contributed by atoms with van der Waals surface area (Å²) in [4.78, 5) is 22.5. The summed E-state index contributed by atoms with van der Waals surface area (Å²) in [7, 11) is 1.51. The Balaban J connectivity index is 2.20. The fraction of sp³-hybridized carbons (Fsp3) is 0.188. The number of benzene rings is 2. The van der Waals surface area contributed by atoms with Gasteiger partial charge in [0.25, 0.3) is 0 Å². The molecule has 0 unspecified atom stereocenters. The number of halogens is 1. The predicted molar refractivity (Wildman–Crippen MR) is 80.5 cm³/mol. The molecule has 0 N–H and O–H groups in total. The topological polar surface area (TPSA) is 78.7 Å². The highest BCUT2D eigenvalue weighted by Gasteiger charge is 2.22. The van der Waals surface area contributed by atoms with Crippen molar-refractivity contribution >= 4 is 11.5 Å². The predicted octanol–water partition coefficient (Wildman–Crippen LogP) is 3.39. The van der Waals surface area contributed by atoms with Crippen molar-refractivity contribution in [1.82, 2.24) is 0 Å². The smallest absolute Gasteiger partial charge is 0.311 e. The summed E-state index contributed by atoms with van der Waals surface area (Å²) in [6.07, 6.45) is -1.01. The molecule has 0 radical (unpaired) electrons. The van der Waals surface area contributed by atoms with Gasteiger partial charge in [0.05, 0.1) is 12.0 Å². The monoisotopic (exact) mass is 319 g/mol. The van der Waals surface area contributed by atoms with E-state index in [-0.39, 0.29) is 11.5 Å². The zero-order valence-corrected chi connectivity index (χ0v) is 12.5. The largest absolute Gasteiger partial charge is 0.497 e. The van der Waals surface area contributed by atoms with Crippen LogP contribution >= 0.6 is 0 Å². The fourth-order valence-electron chi connectivity index (χ4n) is 1.97. The molecule has 0 aliphatic carbocycles. The van der Waals surface area contributed by atoms with Crippen LogP contribution in [0.25, 0.3) is 0 Å². The number of carbonyl (C=O) groups excluding carboxylic acids is 1. The Bertz CT molecular complexity index is 730. The molecule has 0 aliphatic heterocycles. The van der Waals surface area contributed by atoms with E-state index in [4.69, 9.17) is 9.47 Å². The van der Waals surface area contributed by atoms with Crippen molar-refractivity contribution < 1.29 is 23.6 Å². The van der Waals surface area contributed by atoms with Gasteiger partial charge in [-0.05, 0) is 37.3 Å². The van der Waals surface area contributed by atoms with E-state index in [1.54, 1.807) is 24.3 Å². The molecule has 2 rings (SSSR count). The number of methoxy groups -OCH3 is 1. The van der Waals surface area contributed by atoms with Crippen molar-refractivity contribution in [2.45, 2.75) is 13.0 Å². The van der Waals surface area contributed by atoms with E-state index in [2.05, 4.69) is 0 Å². The van der Waals surface area contributed by atoms with Gasteiger partial charge in [-0.2, -0.15) is 0 Å². The van der Waals surface area contributed by atoms with Crippen LogP contribution in [0.2, 0.25) is 0 Å². The van der Waals surface area contributed by atoms with Gasteiger partial charge in [-0.3, -0.25) is 14.9 Å². The molecular formula is C16H14FNO5.